The molecule has 114 valence electrons. The van der Waals surface area contributed by atoms with Gasteiger partial charge in [0.25, 0.3) is 0 Å². The number of rotatable bonds is 7. The van der Waals surface area contributed by atoms with E-state index in [2.05, 4.69) is 0 Å². The first-order valence-electron chi connectivity index (χ1n) is 7.63. The van der Waals surface area contributed by atoms with Crippen LogP contribution in [0.3, 0.4) is 0 Å². The summed E-state index contributed by atoms with van der Waals surface area (Å²) >= 11 is 0. The molecule has 0 saturated heterocycles. The van der Waals surface area contributed by atoms with Crippen molar-refractivity contribution >= 4 is 11.9 Å². The van der Waals surface area contributed by atoms with Gasteiger partial charge in [-0.2, -0.15) is 0 Å². The molecule has 0 saturated carbocycles. The number of methoxy groups -OCH3 is 1. The summed E-state index contributed by atoms with van der Waals surface area (Å²) in [7, 11) is 1.65. The Kier molecular flexibility index (Phi) is 6.11. The van der Waals surface area contributed by atoms with E-state index in [4.69, 9.17) is 4.74 Å². The van der Waals surface area contributed by atoms with Gasteiger partial charge in [0.15, 0.2) is 5.78 Å². The van der Waals surface area contributed by atoms with Crippen LogP contribution in [0.5, 0.6) is 0 Å². The summed E-state index contributed by atoms with van der Waals surface area (Å²) < 4.78 is 5.65. The molecule has 0 aliphatic rings. The molecule has 0 aromatic heterocycles. The second-order valence-electron chi connectivity index (χ2n) is 5.21. The highest BCUT2D eigenvalue weighted by molar-refractivity contribution is 6.00. The number of carbonyl (C=O) groups excluding carboxylic acids is 1. The van der Waals surface area contributed by atoms with E-state index in [0.29, 0.717) is 12.0 Å². The normalized spacial score (nSPS) is 12.9. The summed E-state index contributed by atoms with van der Waals surface area (Å²) in [5, 5.41) is 0. The molecule has 2 aromatic rings. The number of benzene rings is 2. The molecule has 0 bridgehead atoms. The third-order valence-corrected chi connectivity index (χ3v) is 3.54. The van der Waals surface area contributed by atoms with Gasteiger partial charge in [0.05, 0.1) is 0 Å². The van der Waals surface area contributed by atoms with Crippen LogP contribution in [0.15, 0.2) is 66.2 Å². The lowest BCUT2D eigenvalue weighted by atomic mass is 9.94. The number of carbonyl (C=O) groups is 1. The second kappa shape index (κ2) is 8.30. The number of ether oxygens (including phenoxy) is 1. The molecule has 0 amide bonds. The van der Waals surface area contributed by atoms with E-state index in [9.17, 15) is 4.79 Å². The van der Waals surface area contributed by atoms with Gasteiger partial charge in [-0.3, -0.25) is 4.79 Å². The van der Waals surface area contributed by atoms with Gasteiger partial charge in [-0.05, 0) is 23.6 Å². The molecule has 2 nitrogen and oxygen atoms in total. The lowest BCUT2D eigenvalue weighted by Crippen LogP contribution is -2.13. The monoisotopic (exact) mass is 294 g/mol. The average molecular weight is 294 g/mol. The minimum absolute atomic E-state index is 0.141. The molecule has 22 heavy (non-hydrogen) atoms. The lowest BCUT2D eigenvalue weighted by Gasteiger charge is -2.19. The van der Waals surface area contributed by atoms with Gasteiger partial charge >= 0.3 is 0 Å². The Morgan fingerprint density at radius 3 is 2.18 bits per heavy atom. The first-order valence-corrected chi connectivity index (χ1v) is 7.63. The topological polar surface area (TPSA) is 26.3 Å². The fraction of sp³-hybridized carbons (Fsp3) is 0.250. The second-order valence-corrected chi connectivity index (χ2v) is 5.21. The Morgan fingerprint density at radius 2 is 1.64 bits per heavy atom. The van der Waals surface area contributed by atoms with Crippen LogP contribution < -0.4 is 0 Å². The zero-order chi connectivity index (χ0) is 15.8. The molecule has 0 N–H and O–H groups in total. The van der Waals surface area contributed by atoms with Crippen LogP contribution in [0.25, 0.3) is 6.08 Å². The Bertz CT molecular complexity index is 615. The van der Waals surface area contributed by atoms with Crippen molar-refractivity contribution in [1.29, 1.82) is 0 Å². The van der Waals surface area contributed by atoms with Crippen LogP contribution in [0, 0.1) is 0 Å². The molecule has 2 heteroatoms. The van der Waals surface area contributed by atoms with Gasteiger partial charge < -0.3 is 4.74 Å². The summed E-state index contributed by atoms with van der Waals surface area (Å²) in [6, 6.07) is 19.8. The maximum absolute atomic E-state index is 12.6. The van der Waals surface area contributed by atoms with E-state index in [0.717, 1.165) is 17.5 Å². The van der Waals surface area contributed by atoms with Crippen molar-refractivity contribution in [1.82, 2.24) is 0 Å². The van der Waals surface area contributed by atoms with Crippen LogP contribution in [-0.4, -0.2) is 12.9 Å². The molecule has 0 radical (unpaired) electrons. The van der Waals surface area contributed by atoms with E-state index < -0.39 is 0 Å². The first-order chi connectivity index (χ1) is 10.8. The Balaban J connectivity index is 2.43. The molecule has 1 unspecified atom stereocenters. The molecule has 2 aromatic carbocycles. The highest BCUT2D eigenvalue weighted by Gasteiger charge is 2.21. The van der Waals surface area contributed by atoms with Crippen LogP contribution in [0.1, 0.15) is 37.0 Å². The molecule has 0 aliphatic carbocycles. The third kappa shape index (κ3) is 4.15. The van der Waals surface area contributed by atoms with E-state index in [1.807, 2.05) is 73.7 Å². The highest BCUT2D eigenvalue weighted by atomic mass is 16.5. The quantitative estimate of drug-likeness (QED) is 0.684. The van der Waals surface area contributed by atoms with E-state index in [1.165, 1.54) is 0 Å². The van der Waals surface area contributed by atoms with Gasteiger partial charge in [0.1, 0.15) is 6.10 Å². The minimum Gasteiger partial charge on any atom is -0.372 e. The predicted octanol–water partition coefficient (Wildman–Crippen LogP) is 4.83. The molecule has 1 atom stereocenters. The molecule has 0 heterocycles. The predicted molar refractivity (Wildman–Crippen MR) is 90.5 cm³/mol. The number of hydrogen-bond donors (Lipinski definition) is 0. The zero-order valence-corrected chi connectivity index (χ0v) is 13.2. The minimum atomic E-state index is -0.333. The number of Topliss-reactive ketones (excluding diaryl/α,β-unsaturated/α-hetero) is 1. The van der Waals surface area contributed by atoms with Gasteiger partial charge in [-0.25, -0.2) is 0 Å². The molecule has 2 rings (SSSR count). The largest absolute Gasteiger partial charge is 0.372 e. The van der Waals surface area contributed by atoms with Crippen LogP contribution in [-0.2, 0) is 9.53 Å². The third-order valence-electron chi connectivity index (χ3n) is 3.54. The average Bonchev–Trinajstić information content (AvgIpc) is 2.57. The van der Waals surface area contributed by atoms with Crippen molar-refractivity contribution in [2.45, 2.75) is 25.9 Å². The van der Waals surface area contributed by atoms with Gasteiger partial charge in [0, 0.05) is 19.1 Å². The Labute approximate surface area is 132 Å². The van der Waals surface area contributed by atoms with Crippen molar-refractivity contribution in [2.75, 3.05) is 7.11 Å². The van der Waals surface area contributed by atoms with Crippen LogP contribution in [0.2, 0.25) is 0 Å². The summed E-state index contributed by atoms with van der Waals surface area (Å²) in [5.41, 5.74) is 2.72. The summed E-state index contributed by atoms with van der Waals surface area (Å²) in [6.07, 6.45) is 2.97. The lowest BCUT2D eigenvalue weighted by molar-refractivity contribution is -0.116. The van der Waals surface area contributed by atoms with Crippen molar-refractivity contribution in [3.05, 3.63) is 77.4 Å². The molecular weight excluding hydrogens is 272 g/mol. The van der Waals surface area contributed by atoms with Crippen LogP contribution >= 0.6 is 0 Å². The zero-order valence-electron chi connectivity index (χ0n) is 13.2. The summed E-state index contributed by atoms with van der Waals surface area (Å²) in [6.45, 7) is 2.02. The maximum Gasteiger partial charge on any atom is 0.161 e. The van der Waals surface area contributed by atoms with Crippen LogP contribution in [0.4, 0.5) is 0 Å². The highest BCUT2D eigenvalue weighted by Crippen LogP contribution is 2.28. The fourth-order valence-electron chi connectivity index (χ4n) is 2.47. The fourth-order valence-corrected chi connectivity index (χ4v) is 2.47. The van der Waals surface area contributed by atoms with Crippen molar-refractivity contribution < 1.29 is 9.53 Å². The van der Waals surface area contributed by atoms with E-state index >= 15 is 0 Å². The van der Waals surface area contributed by atoms with Crippen molar-refractivity contribution in [3.63, 3.8) is 0 Å². The summed E-state index contributed by atoms with van der Waals surface area (Å²) in [5.74, 6) is 0.141. The Hall–Kier alpha value is -2.19. The van der Waals surface area contributed by atoms with Gasteiger partial charge in [-0.1, -0.05) is 67.6 Å². The smallest absolute Gasteiger partial charge is 0.161 e. The van der Waals surface area contributed by atoms with Crippen molar-refractivity contribution in [2.24, 2.45) is 0 Å². The van der Waals surface area contributed by atoms with Gasteiger partial charge in [0.2, 0.25) is 0 Å². The van der Waals surface area contributed by atoms with E-state index in [-0.39, 0.29) is 11.9 Å². The molecule has 0 fully saturated rings. The first kappa shape index (κ1) is 16.2. The van der Waals surface area contributed by atoms with Crippen molar-refractivity contribution in [3.8, 4) is 0 Å². The summed E-state index contributed by atoms with van der Waals surface area (Å²) in [4.78, 5) is 12.6. The molecule has 0 aliphatic heterocycles. The SMILES string of the molecule is CCCC(=O)/C(=C\c1ccccc1)C(OC)c1ccccc1. The Morgan fingerprint density at radius 1 is 1.05 bits per heavy atom. The van der Waals surface area contributed by atoms with E-state index in [1.54, 1.807) is 7.11 Å². The number of hydrogen-bond acceptors (Lipinski definition) is 2. The van der Waals surface area contributed by atoms with Gasteiger partial charge in [-0.15, -0.1) is 0 Å². The standard InChI is InChI=1S/C20H22O2/c1-3-10-19(21)18(15-16-11-6-4-7-12-16)20(22-2)17-13-8-5-9-14-17/h4-9,11-15,20H,3,10H2,1-2H3/b18-15+. The maximum atomic E-state index is 12.6. The molecule has 0 spiro atoms. The number of ketones is 1. The molecular formula is C20H22O2.